The Labute approximate surface area is 125 Å². The van der Waals surface area contributed by atoms with Crippen molar-refractivity contribution < 1.29 is 9.90 Å². The van der Waals surface area contributed by atoms with Crippen molar-refractivity contribution in [2.45, 2.75) is 18.9 Å². The van der Waals surface area contributed by atoms with Crippen molar-refractivity contribution >= 4 is 32.7 Å². The number of aromatic nitrogens is 1. The van der Waals surface area contributed by atoms with Gasteiger partial charge in [-0.05, 0) is 37.0 Å². The van der Waals surface area contributed by atoms with Crippen LogP contribution in [0.3, 0.4) is 0 Å². The highest BCUT2D eigenvalue weighted by molar-refractivity contribution is 9.10. The first-order valence-corrected chi connectivity index (χ1v) is 7.56. The maximum absolute atomic E-state index is 12.4. The predicted octanol–water partition coefficient (Wildman–Crippen LogP) is 2.77. The molecule has 20 heavy (non-hydrogen) atoms. The molecule has 1 aromatic carbocycles. The van der Waals surface area contributed by atoms with Crippen LogP contribution in [0.1, 0.15) is 23.3 Å². The molecule has 1 saturated carbocycles. The number of hydrogen-bond donors (Lipinski definition) is 2. The summed E-state index contributed by atoms with van der Waals surface area (Å²) in [5, 5.41) is 10.9. The van der Waals surface area contributed by atoms with Gasteiger partial charge in [-0.25, -0.2) is 0 Å². The van der Waals surface area contributed by atoms with Gasteiger partial charge in [0.05, 0.1) is 6.10 Å². The molecule has 2 aromatic rings. The van der Waals surface area contributed by atoms with E-state index >= 15 is 0 Å². The number of hydrogen-bond acceptors (Lipinski definition) is 2. The first kappa shape index (κ1) is 13.6. The molecule has 1 fully saturated rings. The number of nitrogens with one attached hydrogen (secondary N) is 1. The Hall–Kier alpha value is -1.33. The van der Waals surface area contributed by atoms with E-state index in [1.807, 2.05) is 24.3 Å². The summed E-state index contributed by atoms with van der Waals surface area (Å²) in [7, 11) is 1.73. The maximum Gasteiger partial charge on any atom is 0.270 e. The van der Waals surface area contributed by atoms with Gasteiger partial charge in [-0.3, -0.25) is 4.79 Å². The maximum atomic E-state index is 12.4. The number of benzene rings is 1. The molecular weight excluding hydrogens is 320 g/mol. The summed E-state index contributed by atoms with van der Waals surface area (Å²) in [5.74, 6) is 0.287. The number of aliphatic hydroxyl groups excluding tert-OH is 1. The zero-order valence-electron chi connectivity index (χ0n) is 11.3. The fourth-order valence-electron chi connectivity index (χ4n) is 2.43. The summed E-state index contributed by atoms with van der Waals surface area (Å²) in [4.78, 5) is 17.1. The third kappa shape index (κ3) is 2.60. The number of likely N-dealkylation sites (N-methyl/N-ethyl adjacent to an activating group) is 1. The van der Waals surface area contributed by atoms with E-state index in [0.29, 0.717) is 18.2 Å². The predicted molar refractivity (Wildman–Crippen MR) is 81.7 cm³/mol. The summed E-state index contributed by atoms with van der Waals surface area (Å²) in [6, 6.07) is 7.67. The molecule has 3 rings (SSSR count). The van der Waals surface area contributed by atoms with Gasteiger partial charge < -0.3 is 15.0 Å². The topological polar surface area (TPSA) is 56.3 Å². The van der Waals surface area contributed by atoms with Crippen LogP contribution in [0.5, 0.6) is 0 Å². The van der Waals surface area contributed by atoms with Crippen LogP contribution >= 0.6 is 15.9 Å². The molecular formula is C15H17BrN2O2. The SMILES string of the molecule is CN(CC(O)C1CC1)C(=O)c1cc2c(Br)cccc2[nH]1. The highest BCUT2D eigenvalue weighted by Gasteiger charge is 2.31. The number of nitrogens with zero attached hydrogens (tertiary/aromatic N) is 1. The second-order valence-corrected chi connectivity index (χ2v) is 6.33. The van der Waals surface area contributed by atoms with Gasteiger partial charge in [-0.1, -0.05) is 22.0 Å². The second kappa shape index (κ2) is 5.22. The van der Waals surface area contributed by atoms with E-state index in [1.165, 1.54) is 0 Å². The molecule has 1 aliphatic carbocycles. The van der Waals surface area contributed by atoms with Crippen LogP contribution in [0.15, 0.2) is 28.7 Å². The largest absolute Gasteiger partial charge is 0.391 e. The zero-order chi connectivity index (χ0) is 14.3. The molecule has 1 unspecified atom stereocenters. The smallest absolute Gasteiger partial charge is 0.270 e. The fourth-order valence-corrected chi connectivity index (χ4v) is 2.91. The minimum absolute atomic E-state index is 0.0900. The van der Waals surface area contributed by atoms with Gasteiger partial charge in [-0.2, -0.15) is 0 Å². The number of halogens is 1. The number of rotatable bonds is 4. The van der Waals surface area contributed by atoms with Crippen molar-refractivity contribution in [1.29, 1.82) is 0 Å². The lowest BCUT2D eigenvalue weighted by atomic mass is 10.2. The van der Waals surface area contributed by atoms with E-state index in [4.69, 9.17) is 0 Å². The number of carbonyl (C=O) groups is 1. The number of H-pyrrole nitrogens is 1. The molecule has 1 amide bonds. The minimum atomic E-state index is -0.403. The summed E-state index contributed by atoms with van der Waals surface area (Å²) in [5.41, 5.74) is 1.48. The van der Waals surface area contributed by atoms with E-state index in [9.17, 15) is 9.90 Å². The molecule has 1 aromatic heterocycles. The average Bonchev–Trinajstić information content (AvgIpc) is 3.18. The van der Waals surface area contributed by atoms with Crippen LogP contribution < -0.4 is 0 Å². The van der Waals surface area contributed by atoms with Crippen LogP contribution in [0, 0.1) is 5.92 Å². The van der Waals surface area contributed by atoms with Crippen LogP contribution in [0.2, 0.25) is 0 Å². The third-order valence-corrected chi connectivity index (χ3v) is 4.51. The van der Waals surface area contributed by atoms with Crippen molar-refractivity contribution in [3.8, 4) is 0 Å². The molecule has 0 bridgehead atoms. The van der Waals surface area contributed by atoms with Gasteiger partial charge in [0, 0.05) is 29.0 Å². The average molecular weight is 337 g/mol. The molecule has 0 radical (unpaired) electrons. The molecule has 1 aliphatic rings. The first-order chi connectivity index (χ1) is 9.56. The third-order valence-electron chi connectivity index (χ3n) is 3.82. The molecule has 5 heteroatoms. The van der Waals surface area contributed by atoms with Gasteiger partial charge in [0.25, 0.3) is 5.91 Å². The Morgan fingerprint density at radius 2 is 2.30 bits per heavy atom. The molecule has 1 atom stereocenters. The number of aromatic amines is 1. The standard InChI is InChI=1S/C15H17BrN2O2/c1-18(8-14(19)9-5-6-9)15(20)13-7-10-11(16)3-2-4-12(10)17-13/h2-4,7,9,14,17,19H,5-6,8H2,1H3. The lowest BCUT2D eigenvalue weighted by Gasteiger charge is -2.20. The Bertz CT molecular complexity index is 648. The highest BCUT2D eigenvalue weighted by atomic mass is 79.9. The van der Waals surface area contributed by atoms with Crippen molar-refractivity contribution in [2.24, 2.45) is 5.92 Å². The Kier molecular flexibility index (Phi) is 3.56. The Morgan fingerprint density at radius 1 is 1.55 bits per heavy atom. The number of fused-ring (bicyclic) bond motifs is 1. The summed E-state index contributed by atoms with van der Waals surface area (Å²) in [6.07, 6.45) is 1.74. The number of aliphatic hydroxyl groups is 1. The molecule has 0 saturated heterocycles. The molecule has 0 spiro atoms. The second-order valence-electron chi connectivity index (χ2n) is 5.47. The molecule has 0 aliphatic heterocycles. The monoisotopic (exact) mass is 336 g/mol. The normalized spacial score (nSPS) is 16.4. The number of carbonyl (C=O) groups excluding carboxylic acids is 1. The van der Waals surface area contributed by atoms with E-state index in [-0.39, 0.29) is 5.91 Å². The number of amides is 1. The van der Waals surface area contributed by atoms with Crippen LogP contribution in [0.4, 0.5) is 0 Å². The van der Waals surface area contributed by atoms with E-state index in [1.54, 1.807) is 11.9 Å². The lowest BCUT2D eigenvalue weighted by Crippen LogP contribution is -2.35. The molecule has 4 nitrogen and oxygen atoms in total. The van der Waals surface area contributed by atoms with Gasteiger partial charge >= 0.3 is 0 Å². The van der Waals surface area contributed by atoms with Crippen molar-refractivity contribution in [3.63, 3.8) is 0 Å². The van der Waals surface area contributed by atoms with E-state index in [2.05, 4.69) is 20.9 Å². The lowest BCUT2D eigenvalue weighted by molar-refractivity contribution is 0.0641. The Morgan fingerprint density at radius 3 is 2.95 bits per heavy atom. The van der Waals surface area contributed by atoms with Crippen molar-refractivity contribution in [3.05, 3.63) is 34.4 Å². The van der Waals surface area contributed by atoms with Gasteiger partial charge in [-0.15, -0.1) is 0 Å². The molecule has 2 N–H and O–H groups in total. The Balaban J connectivity index is 1.79. The van der Waals surface area contributed by atoms with Crippen molar-refractivity contribution in [2.75, 3.05) is 13.6 Å². The highest BCUT2D eigenvalue weighted by Crippen LogP contribution is 2.33. The molecule has 1 heterocycles. The van der Waals surface area contributed by atoms with Crippen LogP contribution in [0.25, 0.3) is 10.9 Å². The minimum Gasteiger partial charge on any atom is -0.391 e. The van der Waals surface area contributed by atoms with Gasteiger partial charge in [0.1, 0.15) is 5.69 Å². The fraction of sp³-hybridized carbons (Fsp3) is 0.400. The molecule has 106 valence electrons. The van der Waals surface area contributed by atoms with Gasteiger partial charge in [0.2, 0.25) is 0 Å². The summed E-state index contributed by atoms with van der Waals surface area (Å²) < 4.78 is 0.964. The first-order valence-electron chi connectivity index (χ1n) is 6.77. The summed E-state index contributed by atoms with van der Waals surface area (Å²) >= 11 is 3.48. The summed E-state index contributed by atoms with van der Waals surface area (Å²) in [6.45, 7) is 0.389. The van der Waals surface area contributed by atoms with Crippen LogP contribution in [-0.2, 0) is 0 Å². The van der Waals surface area contributed by atoms with Crippen LogP contribution in [-0.4, -0.2) is 40.6 Å². The zero-order valence-corrected chi connectivity index (χ0v) is 12.9. The van der Waals surface area contributed by atoms with E-state index < -0.39 is 6.10 Å². The quantitative estimate of drug-likeness (QED) is 0.901. The van der Waals surface area contributed by atoms with Gasteiger partial charge in [0.15, 0.2) is 0 Å². The van der Waals surface area contributed by atoms with Crippen molar-refractivity contribution in [1.82, 2.24) is 9.88 Å². The van der Waals surface area contributed by atoms with E-state index in [0.717, 1.165) is 28.2 Å².